The molecule has 1 aliphatic rings. The minimum Gasteiger partial charge on any atom is -0.469 e. The van der Waals surface area contributed by atoms with Gasteiger partial charge in [-0.15, -0.1) is 0 Å². The summed E-state index contributed by atoms with van der Waals surface area (Å²) in [4.78, 5) is 28.0. The van der Waals surface area contributed by atoms with E-state index in [4.69, 9.17) is 10.6 Å². The van der Waals surface area contributed by atoms with E-state index in [1.165, 1.54) is 20.4 Å². The molecule has 138 valence electrons. The van der Waals surface area contributed by atoms with Gasteiger partial charge in [-0.05, 0) is 12.3 Å². The molecule has 1 saturated carbocycles. The van der Waals surface area contributed by atoms with Crippen molar-refractivity contribution in [3.05, 3.63) is 0 Å². The lowest BCUT2D eigenvalue weighted by Gasteiger charge is -2.35. The fourth-order valence-electron chi connectivity index (χ4n) is 3.75. The second-order valence-corrected chi connectivity index (χ2v) is 6.25. The van der Waals surface area contributed by atoms with Gasteiger partial charge in [-0.3, -0.25) is 14.6 Å². The van der Waals surface area contributed by atoms with Crippen LogP contribution in [0.15, 0.2) is 4.99 Å². The Hall–Kier alpha value is -1.67. The summed E-state index contributed by atoms with van der Waals surface area (Å²) in [6.45, 7) is 5.54. The number of nitrogens with two attached hydrogens (primary N) is 1. The van der Waals surface area contributed by atoms with E-state index < -0.39 is 18.0 Å². The van der Waals surface area contributed by atoms with Crippen molar-refractivity contribution in [3.8, 4) is 0 Å². The first-order chi connectivity index (χ1) is 11.4. The van der Waals surface area contributed by atoms with E-state index in [0.29, 0.717) is 6.42 Å². The molecule has 0 radical (unpaired) electrons. The highest BCUT2D eigenvalue weighted by atomic mass is 16.5. The first-order valence-electron chi connectivity index (χ1n) is 8.41. The maximum absolute atomic E-state index is 12.0. The third kappa shape index (κ3) is 4.67. The van der Waals surface area contributed by atoms with Gasteiger partial charge in [0.05, 0.1) is 31.5 Å². The molecular formula is C16H30N4O4. The van der Waals surface area contributed by atoms with Gasteiger partial charge in [-0.1, -0.05) is 26.7 Å². The molecule has 0 aromatic rings. The Morgan fingerprint density at radius 1 is 1.42 bits per heavy atom. The molecule has 1 amide bonds. The fraction of sp³-hybridized carbons (Fsp3) is 0.812. The van der Waals surface area contributed by atoms with Crippen molar-refractivity contribution in [1.82, 2.24) is 10.7 Å². The van der Waals surface area contributed by atoms with Crippen molar-refractivity contribution >= 4 is 18.2 Å². The molecule has 8 heteroatoms. The van der Waals surface area contributed by atoms with Crippen molar-refractivity contribution in [3.63, 3.8) is 0 Å². The van der Waals surface area contributed by atoms with Gasteiger partial charge in [0.1, 0.15) is 0 Å². The number of hydrazine groups is 1. The summed E-state index contributed by atoms with van der Waals surface area (Å²) >= 11 is 0. The number of aliphatic imine (C=N–C) groups is 1. The quantitative estimate of drug-likeness (QED) is 0.161. The minimum absolute atomic E-state index is 0.166. The molecule has 1 aliphatic carbocycles. The lowest BCUT2D eigenvalue weighted by Crippen LogP contribution is -2.50. The molecule has 5 N–H and O–H groups in total. The highest BCUT2D eigenvalue weighted by Crippen LogP contribution is 2.39. The lowest BCUT2D eigenvalue weighted by atomic mass is 9.80. The number of hydrogen-bond donors (Lipinski definition) is 4. The molecule has 0 aromatic carbocycles. The monoisotopic (exact) mass is 342 g/mol. The third-order valence-electron chi connectivity index (χ3n) is 4.93. The third-order valence-corrected chi connectivity index (χ3v) is 4.93. The molecule has 0 spiro atoms. The van der Waals surface area contributed by atoms with Gasteiger partial charge in [0, 0.05) is 18.9 Å². The van der Waals surface area contributed by atoms with E-state index in [1.54, 1.807) is 0 Å². The second kappa shape index (κ2) is 9.58. The summed E-state index contributed by atoms with van der Waals surface area (Å²) in [5.74, 6) is 3.76. The molecule has 0 bridgehead atoms. The average molecular weight is 342 g/mol. The fourth-order valence-corrected chi connectivity index (χ4v) is 3.75. The van der Waals surface area contributed by atoms with Crippen LogP contribution in [0.2, 0.25) is 0 Å². The summed E-state index contributed by atoms with van der Waals surface area (Å²) in [5, 5.41) is 13.7. The Morgan fingerprint density at radius 3 is 2.50 bits per heavy atom. The number of rotatable bonds is 8. The number of ether oxygens (including phenoxy) is 1. The average Bonchev–Trinajstić information content (AvgIpc) is 2.88. The van der Waals surface area contributed by atoms with Gasteiger partial charge in [0.25, 0.3) is 0 Å². The zero-order chi connectivity index (χ0) is 18.3. The van der Waals surface area contributed by atoms with Gasteiger partial charge in [0.15, 0.2) is 0 Å². The van der Waals surface area contributed by atoms with Crippen molar-refractivity contribution < 1.29 is 19.4 Å². The van der Waals surface area contributed by atoms with Crippen LogP contribution < -0.4 is 16.6 Å². The van der Waals surface area contributed by atoms with Crippen LogP contribution in [0.3, 0.4) is 0 Å². The molecule has 1 fully saturated rings. The van der Waals surface area contributed by atoms with Crippen molar-refractivity contribution in [2.45, 2.75) is 58.2 Å². The molecule has 5 atom stereocenters. The molecule has 0 heterocycles. The van der Waals surface area contributed by atoms with Crippen LogP contribution >= 0.6 is 0 Å². The first kappa shape index (κ1) is 20.4. The summed E-state index contributed by atoms with van der Waals surface area (Å²) in [5.41, 5.74) is 2.35. The lowest BCUT2D eigenvalue weighted by molar-refractivity contribution is -0.149. The normalized spacial score (nSPS) is 28.1. The van der Waals surface area contributed by atoms with Crippen molar-refractivity contribution in [1.29, 1.82) is 0 Å². The van der Waals surface area contributed by atoms with E-state index in [-0.39, 0.29) is 29.8 Å². The number of methoxy groups -OCH3 is 1. The van der Waals surface area contributed by atoms with Crippen LogP contribution in [0.1, 0.15) is 40.0 Å². The Kier molecular flexibility index (Phi) is 8.14. The van der Waals surface area contributed by atoms with Gasteiger partial charge >= 0.3 is 5.97 Å². The Labute approximate surface area is 143 Å². The molecule has 8 nitrogen and oxygen atoms in total. The molecule has 0 saturated heterocycles. The molecular weight excluding hydrogens is 312 g/mol. The molecule has 0 unspecified atom stereocenters. The number of nitrogens with one attached hydrogen (secondary N) is 2. The largest absolute Gasteiger partial charge is 0.469 e. The zero-order valence-corrected chi connectivity index (χ0v) is 14.9. The Morgan fingerprint density at radius 2 is 2.04 bits per heavy atom. The molecule has 1 rings (SSSR count). The zero-order valence-electron chi connectivity index (χ0n) is 14.9. The predicted molar refractivity (Wildman–Crippen MR) is 90.9 cm³/mol. The highest BCUT2D eigenvalue weighted by molar-refractivity contribution is 5.75. The maximum Gasteiger partial charge on any atom is 0.311 e. The number of carbonyl (C=O) groups is 2. The summed E-state index contributed by atoms with van der Waals surface area (Å²) < 4.78 is 4.80. The number of carbonyl (C=O) groups excluding carboxylic acids is 2. The first-order valence-corrected chi connectivity index (χ1v) is 8.41. The minimum atomic E-state index is -0.935. The van der Waals surface area contributed by atoms with Crippen LogP contribution in [-0.4, -0.2) is 48.6 Å². The number of hydrogen-bond acceptors (Lipinski definition) is 6. The highest BCUT2D eigenvalue weighted by Gasteiger charge is 2.50. The second-order valence-electron chi connectivity index (χ2n) is 6.25. The maximum atomic E-state index is 12.0. The number of aliphatic hydroxyl groups is 1. The molecule has 0 aliphatic heterocycles. The number of amides is 1. The van der Waals surface area contributed by atoms with Crippen molar-refractivity contribution in [2.75, 3.05) is 7.11 Å². The van der Waals surface area contributed by atoms with E-state index >= 15 is 0 Å². The van der Waals surface area contributed by atoms with Crippen LogP contribution in [0.4, 0.5) is 0 Å². The molecule has 0 aromatic heterocycles. The van der Waals surface area contributed by atoms with Crippen molar-refractivity contribution in [2.24, 2.45) is 28.6 Å². The molecule has 24 heavy (non-hydrogen) atoms. The van der Waals surface area contributed by atoms with Gasteiger partial charge in [-0.25, -0.2) is 5.84 Å². The van der Waals surface area contributed by atoms with Gasteiger partial charge < -0.3 is 20.6 Å². The smallest absolute Gasteiger partial charge is 0.311 e. The Balaban J connectivity index is 3.19. The van der Waals surface area contributed by atoms with E-state index in [2.05, 4.69) is 15.7 Å². The number of nitrogens with zero attached hydrogens (tertiary/aromatic N) is 1. The van der Waals surface area contributed by atoms with E-state index in [9.17, 15) is 14.7 Å². The number of esters is 1. The van der Waals surface area contributed by atoms with E-state index in [1.807, 2.05) is 13.8 Å². The van der Waals surface area contributed by atoms with E-state index in [0.717, 1.165) is 12.8 Å². The SMILES string of the molecule is CCC(CC)[C@@H](NC(C)=O)[C@H]1[C@@H](O)[C@H](C(=O)OC)C[C@@H]1N=CNN. The van der Waals surface area contributed by atoms with Gasteiger partial charge in [0.2, 0.25) is 5.91 Å². The summed E-state index contributed by atoms with van der Waals surface area (Å²) in [7, 11) is 1.30. The topological polar surface area (TPSA) is 126 Å². The Bertz CT molecular complexity index is 453. The van der Waals surface area contributed by atoms with Crippen LogP contribution in [0.25, 0.3) is 0 Å². The van der Waals surface area contributed by atoms with Crippen LogP contribution in [0, 0.1) is 17.8 Å². The summed E-state index contributed by atoms with van der Waals surface area (Å²) in [6.07, 6.45) is 2.46. The van der Waals surface area contributed by atoms with Crippen LogP contribution in [-0.2, 0) is 14.3 Å². The predicted octanol–water partition coefficient (Wildman–Crippen LogP) is -0.0425. The standard InChI is InChI=1S/C16H30N4O4/c1-5-10(6-2)14(20-9(3)21)13-12(18-8-19-17)7-11(15(13)22)16(23)24-4/h8,10-15,22H,5-7,17H2,1-4H3,(H,18,19)(H,20,21)/t11-,12+,13+,14-,15+/m1/s1. The summed E-state index contributed by atoms with van der Waals surface area (Å²) in [6, 6.07) is -0.611. The number of aliphatic hydroxyl groups excluding tert-OH is 1. The van der Waals surface area contributed by atoms with Crippen LogP contribution in [0.5, 0.6) is 0 Å². The van der Waals surface area contributed by atoms with Gasteiger partial charge in [-0.2, -0.15) is 0 Å².